The summed E-state index contributed by atoms with van der Waals surface area (Å²) in [5.41, 5.74) is 9.89. The molecule has 1 heterocycles. The molecule has 2 amide bonds. The average Bonchev–Trinajstić information content (AvgIpc) is 3.08. The zero-order valence-electron chi connectivity index (χ0n) is 15.9. The molecule has 29 heavy (non-hydrogen) atoms. The number of benzene rings is 3. The van der Waals surface area contributed by atoms with Crippen LogP contribution in [0.4, 0.5) is 5.69 Å². The summed E-state index contributed by atoms with van der Waals surface area (Å²) in [5.74, 6) is -0.721. The number of aromatic nitrogens is 2. The second-order valence-electron chi connectivity index (χ2n) is 6.91. The molecule has 144 valence electrons. The van der Waals surface area contributed by atoms with Gasteiger partial charge in [0.25, 0.3) is 11.8 Å². The van der Waals surface area contributed by atoms with Gasteiger partial charge in [0.2, 0.25) is 0 Å². The van der Waals surface area contributed by atoms with Crippen molar-refractivity contribution in [3.8, 4) is 0 Å². The summed E-state index contributed by atoms with van der Waals surface area (Å²) in [7, 11) is 0. The van der Waals surface area contributed by atoms with Crippen LogP contribution in [0.2, 0.25) is 0 Å². The zero-order valence-corrected chi connectivity index (χ0v) is 15.9. The molecule has 3 aromatic carbocycles. The van der Waals surface area contributed by atoms with Gasteiger partial charge in [-0.1, -0.05) is 48.0 Å². The van der Waals surface area contributed by atoms with Gasteiger partial charge in [-0.25, -0.2) is 0 Å². The predicted molar refractivity (Wildman–Crippen MR) is 113 cm³/mol. The molecule has 0 spiro atoms. The second kappa shape index (κ2) is 7.59. The van der Waals surface area contributed by atoms with Crippen LogP contribution in [0.25, 0.3) is 10.9 Å². The summed E-state index contributed by atoms with van der Waals surface area (Å²) < 4.78 is 1.75. The Kier molecular flexibility index (Phi) is 4.83. The fourth-order valence-corrected chi connectivity index (χ4v) is 3.26. The molecule has 6 heteroatoms. The van der Waals surface area contributed by atoms with E-state index in [0.29, 0.717) is 17.8 Å². The maximum atomic E-state index is 12.5. The van der Waals surface area contributed by atoms with E-state index >= 15 is 0 Å². The lowest BCUT2D eigenvalue weighted by molar-refractivity contribution is 0.0994. The number of amides is 2. The van der Waals surface area contributed by atoms with Gasteiger partial charge in [0.05, 0.1) is 12.1 Å². The van der Waals surface area contributed by atoms with Crippen LogP contribution >= 0.6 is 0 Å². The molecule has 0 bridgehead atoms. The summed E-state index contributed by atoms with van der Waals surface area (Å²) >= 11 is 0. The van der Waals surface area contributed by atoms with E-state index in [-0.39, 0.29) is 11.6 Å². The molecule has 0 fully saturated rings. The van der Waals surface area contributed by atoms with Crippen LogP contribution in [0.5, 0.6) is 0 Å². The van der Waals surface area contributed by atoms with Gasteiger partial charge >= 0.3 is 0 Å². The Labute approximate surface area is 168 Å². The van der Waals surface area contributed by atoms with Crippen molar-refractivity contribution in [2.75, 3.05) is 5.32 Å². The molecule has 0 aliphatic carbocycles. The first-order valence-corrected chi connectivity index (χ1v) is 9.23. The SMILES string of the molecule is Cc1ccc(C(=O)Nc2cccc(Cn3nc(C(N)=O)c4ccccc43)c2)cc1. The first-order chi connectivity index (χ1) is 14.0. The molecular weight excluding hydrogens is 364 g/mol. The number of nitrogens with zero attached hydrogens (tertiary/aromatic N) is 2. The van der Waals surface area contributed by atoms with Gasteiger partial charge in [-0.2, -0.15) is 5.10 Å². The van der Waals surface area contributed by atoms with E-state index in [9.17, 15) is 9.59 Å². The predicted octanol–water partition coefficient (Wildman–Crippen LogP) is 3.74. The molecule has 6 nitrogen and oxygen atoms in total. The van der Waals surface area contributed by atoms with Crippen LogP contribution < -0.4 is 11.1 Å². The van der Waals surface area contributed by atoms with Gasteiger partial charge in [-0.3, -0.25) is 14.3 Å². The highest BCUT2D eigenvalue weighted by molar-refractivity contribution is 6.04. The summed E-state index contributed by atoms with van der Waals surface area (Å²) in [6.07, 6.45) is 0. The highest BCUT2D eigenvalue weighted by Gasteiger charge is 2.14. The number of anilines is 1. The minimum atomic E-state index is -0.556. The average molecular weight is 384 g/mol. The number of nitrogens with one attached hydrogen (secondary N) is 1. The lowest BCUT2D eigenvalue weighted by atomic mass is 10.1. The molecule has 0 aliphatic heterocycles. The fraction of sp³-hybridized carbons (Fsp3) is 0.0870. The Morgan fingerprint density at radius 2 is 1.76 bits per heavy atom. The van der Waals surface area contributed by atoms with Crippen LogP contribution in [0.3, 0.4) is 0 Å². The third-order valence-electron chi connectivity index (χ3n) is 4.72. The number of para-hydroxylation sites is 1. The van der Waals surface area contributed by atoms with E-state index in [1.165, 1.54) is 0 Å². The van der Waals surface area contributed by atoms with Crippen molar-refractivity contribution in [1.82, 2.24) is 9.78 Å². The maximum Gasteiger partial charge on any atom is 0.269 e. The minimum absolute atomic E-state index is 0.164. The summed E-state index contributed by atoms with van der Waals surface area (Å²) in [6, 6.07) is 22.4. The standard InChI is InChI=1S/C23H20N4O2/c1-15-9-11-17(12-10-15)23(29)25-18-6-4-5-16(13-18)14-27-20-8-3-2-7-19(20)21(26-27)22(24)28/h2-13H,14H2,1H3,(H2,24,28)(H,25,29). The van der Waals surface area contributed by atoms with Crippen molar-refractivity contribution < 1.29 is 9.59 Å². The van der Waals surface area contributed by atoms with Crippen molar-refractivity contribution in [3.05, 3.63) is 95.2 Å². The molecule has 0 unspecified atom stereocenters. The Balaban J connectivity index is 1.58. The normalized spacial score (nSPS) is 10.8. The van der Waals surface area contributed by atoms with Crippen LogP contribution in [0, 0.1) is 6.92 Å². The minimum Gasteiger partial charge on any atom is -0.364 e. The summed E-state index contributed by atoms with van der Waals surface area (Å²) in [4.78, 5) is 24.2. The number of carbonyl (C=O) groups is 2. The number of carbonyl (C=O) groups excluding carboxylic acids is 2. The Bertz CT molecular complexity index is 1210. The molecule has 4 rings (SSSR count). The first-order valence-electron chi connectivity index (χ1n) is 9.23. The van der Waals surface area contributed by atoms with E-state index in [1.807, 2.05) is 67.6 Å². The number of hydrogen-bond acceptors (Lipinski definition) is 3. The Morgan fingerprint density at radius 1 is 1.00 bits per heavy atom. The molecule has 3 N–H and O–H groups in total. The van der Waals surface area contributed by atoms with Gasteiger partial charge in [-0.15, -0.1) is 0 Å². The molecule has 4 aromatic rings. The Hall–Kier alpha value is -3.93. The lowest BCUT2D eigenvalue weighted by Gasteiger charge is -2.09. The lowest BCUT2D eigenvalue weighted by Crippen LogP contribution is -2.13. The van der Waals surface area contributed by atoms with Gasteiger partial charge < -0.3 is 11.1 Å². The van der Waals surface area contributed by atoms with Crippen LogP contribution in [0.1, 0.15) is 32.0 Å². The van der Waals surface area contributed by atoms with Gasteiger partial charge in [0.15, 0.2) is 5.69 Å². The van der Waals surface area contributed by atoms with E-state index in [4.69, 9.17) is 5.73 Å². The molecule has 0 aliphatic rings. The third-order valence-corrected chi connectivity index (χ3v) is 4.72. The zero-order chi connectivity index (χ0) is 20.4. The monoisotopic (exact) mass is 384 g/mol. The number of rotatable bonds is 5. The van der Waals surface area contributed by atoms with Crippen LogP contribution in [0.15, 0.2) is 72.8 Å². The summed E-state index contributed by atoms with van der Waals surface area (Å²) in [6.45, 7) is 2.43. The largest absolute Gasteiger partial charge is 0.364 e. The smallest absolute Gasteiger partial charge is 0.269 e. The van der Waals surface area contributed by atoms with Crippen molar-refractivity contribution in [3.63, 3.8) is 0 Å². The van der Waals surface area contributed by atoms with Crippen molar-refractivity contribution in [2.24, 2.45) is 5.73 Å². The quantitative estimate of drug-likeness (QED) is 0.549. The number of nitrogens with two attached hydrogens (primary N) is 1. The topological polar surface area (TPSA) is 90.0 Å². The van der Waals surface area contributed by atoms with Gasteiger partial charge in [-0.05, 0) is 42.8 Å². The van der Waals surface area contributed by atoms with E-state index < -0.39 is 5.91 Å². The number of hydrogen-bond donors (Lipinski definition) is 2. The Morgan fingerprint density at radius 3 is 2.52 bits per heavy atom. The number of primary amides is 1. The summed E-state index contributed by atoms with van der Waals surface area (Å²) in [5, 5.41) is 8.03. The highest BCUT2D eigenvalue weighted by atomic mass is 16.2. The molecule has 0 radical (unpaired) electrons. The van der Waals surface area contributed by atoms with E-state index in [0.717, 1.165) is 22.0 Å². The molecule has 0 saturated heterocycles. The van der Waals surface area contributed by atoms with Crippen LogP contribution in [-0.4, -0.2) is 21.6 Å². The van der Waals surface area contributed by atoms with E-state index in [2.05, 4.69) is 10.4 Å². The molecule has 0 atom stereocenters. The second-order valence-corrected chi connectivity index (χ2v) is 6.91. The van der Waals surface area contributed by atoms with Gasteiger partial charge in [0.1, 0.15) is 0 Å². The van der Waals surface area contributed by atoms with Gasteiger partial charge in [0, 0.05) is 16.6 Å². The molecule has 1 aromatic heterocycles. The van der Waals surface area contributed by atoms with Crippen LogP contribution in [-0.2, 0) is 6.54 Å². The number of fused-ring (bicyclic) bond motifs is 1. The maximum absolute atomic E-state index is 12.5. The number of aryl methyl sites for hydroxylation is 1. The van der Waals surface area contributed by atoms with E-state index in [1.54, 1.807) is 16.8 Å². The molecule has 0 saturated carbocycles. The van der Waals surface area contributed by atoms with Crippen molar-refractivity contribution in [2.45, 2.75) is 13.5 Å². The third kappa shape index (κ3) is 3.87. The fourth-order valence-electron chi connectivity index (χ4n) is 3.26. The molecular formula is C23H20N4O2. The first kappa shape index (κ1) is 18.4. The highest BCUT2D eigenvalue weighted by Crippen LogP contribution is 2.20. The van der Waals surface area contributed by atoms with Crippen molar-refractivity contribution >= 4 is 28.4 Å². The van der Waals surface area contributed by atoms with Crippen molar-refractivity contribution in [1.29, 1.82) is 0 Å².